The molecule has 0 bridgehead atoms. The van der Waals surface area contributed by atoms with Crippen molar-refractivity contribution < 1.29 is 9.52 Å². The third-order valence-corrected chi connectivity index (χ3v) is 2.95. The largest absolute Gasteiger partial charge is 0.472 e. The summed E-state index contributed by atoms with van der Waals surface area (Å²) in [4.78, 5) is 0. The summed E-state index contributed by atoms with van der Waals surface area (Å²) in [6.07, 6.45) is 2.51. The van der Waals surface area contributed by atoms with Crippen LogP contribution in [0.25, 0.3) is 10.8 Å². The minimum Gasteiger partial charge on any atom is -0.472 e. The summed E-state index contributed by atoms with van der Waals surface area (Å²) >= 11 is 0. The van der Waals surface area contributed by atoms with Crippen LogP contribution in [0.3, 0.4) is 0 Å². The van der Waals surface area contributed by atoms with E-state index in [1.165, 1.54) is 5.39 Å². The van der Waals surface area contributed by atoms with Crippen molar-refractivity contribution in [2.45, 2.75) is 6.10 Å². The fraction of sp³-hybridized carbons (Fsp3) is 0.0667. The summed E-state index contributed by atoms with van der Waals surface area (Å²) in [7, 11) is 0. The topological polar surface area (TPSA) is 33.4 Å². The fourth-order valence-corrected chi connectivity index (χ4v) is 2.00. The summed E-state index contributed by atoms with van der Waals surface area (Å²) in [6.45, 7) is 0. The van der Waals surface area contributed by atoms with Crippen molar-refractivity contribution in [1.82, 2.24) is 0 Å². The zero-order valence-electron chi connectivity index (χ0n) is 9.21. The Bertz CT molecular complexity index is 626. The summed E-state index contributed by atoms with van der Waals surface area (Å²) in [6, 6.07) is 15.9. The van der Waals surface area contributed by atoms with Gasteiger partial charge >= 0.3 is 0 Å². The van der Waals surface area contributed by atoms with E-state index in [0.717, 1.165) is 16.5 Å². The van der Waals surface area contributed by atoms with E-state index in [1.807, 2.05) is 36.4 Å². The summed E-state index contributed by atoms with van der Waals surface area (Å²) in [5.41, 5.74) is 1.66. The molecule has 0 spiro atoms. The molecule has 2 nitrogen and oxygen atoms in total. The predicted molar refractivity (Wildman–Crippen MR) is 66.7 cm³/mol. The first-order valence-electron chi connectivity index (χ1n) is 5.53. The maximum absolute atomic E-state index is 10.2. The lowest BCUT2D eigenvalue weighted by molar-refractivity contribution is 0.219. The van der Waals surface area contributed by atoms with Gasteiger partial charge in [-0.2, -0.15) is 0 Å². The smallest absolute Gasteiger partial charge is 0.107 e. The Kier molecular flexibility index (Phi) is 2.42. The van der Waals surface area contributed by atoms with Gasteiger partial charge in [0.1, 0.15) is 6.10 Å². The van der Waals surface area contributed by atoms with Gasteiger partial charge in [0.15, 0.2) is 0 Å². The van der Waals surface area contributed by atoms with Crippen LogP contribution >= 0.6 is 0 Å². The number of benzene rings is 2. The van der Waals surface area contributed by atoms with Crippen LogP contribution < -0.4 is 0 Å². The average molecular weight is 224 g/mol. The second-order valence-corrected chi connectivity index (χ2v) is 4.07. The Balaban J connectivity index is 2.06. The van der Waals surface area contributed by atoms with Gasteiger partial charge in [0.2, 0.25) is 0 Å². The first-order valence-corrected chi connectivity index (χ1v) is 5.53. The van der Waals surface area contributed by atoms with Gasteiger partial charge in [-0.25, -0.2) is 0 Å². The molecule has 0 amide bonds. The van der Waals surface area contributed by atoms with Crippen LogP contribution in [0.1, 0.15) is 17.2 Å². The maximum Gasteiger partial charge on any atom is 0.107 e. The summed E-state index contributed by atoms with van der Waals surface area (Å²) < 4.78 is 4.98. The first kappa shape index (κ1) is 10.1. The van der Waals surface area contributed by atoms with Crippen molar-refractivity contribution in [3.05, 3.63) is 72.2 Å². The van der Waals surface area contributed by atoms with E-state index in [1.54, 1.807) is 18.6 Å². The van der Waals surface area contributed by atoms with Crippen LogP contribution in [-0.2, 0) is 0 Å². The van der Waals surface area contributed by atoms with E-state index < -0.39 is 6.10 Å². The molecule has 2 heteroatoms. The van der Waals surface area contributed by atoms with E-state index >= 15 is 0 Å². The lowest BCUT2D eigenvalue weighted by Gasteiger charge is -2.09. The fourth-order valence-electron chi connectivity index (χ4n) is 2.00. The second-order valence-electron chi connectivity index (χ2n) is 4.07. The Morgan fingerprint density at radius 1 is 0.882 bits per heavy atom. The average Bonchev–Trinajstić information content (AvgIpc) is 2.91. The van der Waals surface area contributed by atoms with E-state index in [-0.39, 0.29) is 0 Å². The molecular weight excluding hydrogens is 212 g/mol. The Hall–Kier alpha value is -2.06. The Labute approximate surface area is 99.1 Å². The van der Waals surface area contributed by atoms with Crippen LogP contribution in [0.2, 0.25) is 0 Å². The van der Waals surface area contributed by atoms with E-state index in [0.29, 0.717) is 0 Å². The molecule has 0 radical (unpaired) electrons. The Morgan fingerprint density at radius 2 is 1.71 bits per heavy atom. The molecule has 1 heterocycles. The molecule has 0 aliphatic heterocycles. The van der Waals surface area contributed by atoms with Crippen molar-refractivity contribution in [2.24, 2.45) is 0 Å². The molecule has 1 atom stereocenters. The van der Waals surface area contributed by atoms with Crippen LogP contribution in [0.4, 0.5) is 0 Å². The van der Waals surface area contributed by atoms with Crippen LogP contribution in [-0.4, -0.2) is 5.11 Å². The number of aliphatic hydroxyl groups excluding tert-OH is 1. The SMILES string of the molecule is O[C@@H](c1ccoc1)c1ccc2ccccc2c1. The normalized spacial score (nSPS) is 12.8. The van der Waals surface area contributed by atoms with Gasteiger partial charge in [-0.3, -0.25) is 0 Å². The van der Waals surface area contributed by atoms with Gasteiger partial charge in [0, 0.05) is 5.56 Å². The molecule has 0 aliphatic carbocycles. The van der Waals surface area contributed by atoms with E-state index in [4.69, 9.17) is 4.42 Å². The van der Waals surface area contributed by atoms with Gasteiger partial charge in [-0.05, 0) is 28.5 Å². The second kappa shape index (κ2) is 4.07. The van der Waals surface area contributed by atoms with Gasteiger partial charge in [-0.1, -0.05) is 36.4 Å². The highest BCUT2D eigenvalue weighted by Gasteiger charge is 2.11. The quantitative estimate of drug-likeness (QED) is 0.722. The molecular formula is C15H12O2. The molecule has 0 aliphatic rings. The maximum atomic E-state index is 10.2. The number of fused-ring (bicyclic) bond motifs is 1. The third-order valence-electron chi connectivity index (χ3n) is 2.95. The molecule has 84 valence electrons. The highest BCUT2D eigenvalue weighted by Crippen LogP contribution is 2.25. The van der Waals surface area contributed by atoms with Crippen molar-refractivity contribution in [2.75, 3.05) is 0 Å². The summed E-state index contributed by atoms with van der Waals surface area (Å²) in [5, 5.41) is 12.5. The van der Waals surface area contributed by atoms with Gasteiger partial charge in [-0.15, -0.1) is 0 Å². The molecule has 3 rings (SSSR count). The molecule has 0 saturated carbocycles. The number of furan rings is 1. The molecule has 0 saturated heterocycles. The first-order chi connectivity index (χ1) is 8.34. The highest BCUT2D eigenvalue weighted by atomic mass is 16.3. The molecule has 17 heavy (non-hydrogen) atoms. The monoisotopic (exact) mass is 224 g/mol. The summed E-state index contributed by atoms with van der Waals surface area (Å²) in [5.74, 6) is 0. The van der Waals surface area contributed by atoms with Gasteiger partial charge < -0.3 is 9.52 Å². The standard InChI is InChI=1S/C15H12O2/c16-15(14-7-8-17-10-14)13-6-5-11-3-1-2-4-12(11)9-13/h1-10,15-16H/t15-/m1/s1. The van der Waals surface area contributed by atoms with Crippen molar-refractivity contribution >= 4 is 10.8 Å². The molecule has 2 aromatic carbocycles. The molecule has 0 unspecified atom stereocenters. The molecule has 0 fully saturated rings. The Morgan fingerprint density at radius 3 is 2.47 bits per heavy atom. The van der Waals surface area contributed by atoms with Gasteiger partial charge in [0.25, 0.3) is 0 Å². The lowest BCUT2D eigenvalue weighted by Crippen LogP contribution is -1.97. The molecule has 1 aromatic heterocycles. The van der Waals surface area contributed by atoms with Crippen LogP contribution in [0.15, 0.2) is 65.5 Å². The number of rotatable bonds is 2. The minimum atomic E-state index is -0.627. The number of hydrogen-bond donors (Lipinski definition) is 1. The van der Waals surface area contributed by atoms with Crippen molar-refractivity contribution in [1.29, 1.82) is 0 Å². The molecule has 1 N–H and O–H groups in total. The zero-order chi connectivity index (χ0) is 11.7. The van der Waals surface area contributed by atoms with Crippen LogP contribution in [0, 0.1) is 0 Å². The van der Waals surface area contributed by atoms with E-state index in [9.17, 15) is 5.11 Å². The van der Waals surface area contributed by atoms with Crippen molar-refractivity contribution in [3.8, 4) is 0 Å². The lowest BCUT2D eigenvalue weighted by atomic mass is 10.0. The zero-order valence-corrected chi connectivity index (χ0v) is 9.21. The molecule has 3 aromatic rings. The number of aliphatic hydroxyl groups is 1. The number of hydrogen-bond acceptors (Lipinski definition) is 2. The minimum absolute atomic E-state index is 0.627. The van der Waals surface area contributed by atoms with Crippen molar-refractivity contribution in [3.63, 3.8) is 0 Å². The highest BCUT2D eigenvalue weighted by molar-refractivity contribution is 5.83. The van der Waals surface area contributed by atoms with E-state index in [2.05, 4.69) is 6.07 Å². The predicted octanol–water partition coefficient (Wildman–Crippen LogP) is 3.51. The van der Waals surface area contributed by atoms with Gasteiger partial charge in [0.05, 0.1) is 12.5 Å². The van der Waals surface area contributed by atoms with Crippen LogP contribution in [0.5, 0.6) is 0 Å². The third kappa shape index (κ3) is 1.83.